The number of ether oxygens (including phenoxy) is 3. The van der Waals surface area contributed by atoms with Crippen LogP contribution >= 0.6 is 34.5 Å². The number of hydrogen-bond donors (Lipinski definition) is 1. The fourth-order valence-corrected chi connectivity index (χ4v) is 3.20. The van der Waals surface area contributed by atoms with Crippen LogP contribution in [-0.4, -0.2) is 26.2 Å². The molecule has 0 atom stereocenters. The van der Waals surface area contributed by atoms with Crippen molar-refractivity contribution in [1.29, 1.82) is 0 Å². The molecule has 1 aromatic heterocycles. The number of anilines is 1. The second-order valence-corrected chi connectivity index (χ2v) is 6.36. The van der Waals surface area contributed by atoms with E-state index in [-0.39, 0.29) is 22.0 Å². The number of hydrogen-bond acceptors (Lipinski definition) is 7. The number of esters is 2. The quantitative estimate of drug-likeness (QED) is 0.782. The lowest BCUT2D eigenvalue weighted by atomic mass is 10.1. The number of thiophene rings is 1. The minimum absolute atomic E-state index is 0.0861. The number of nitrogen functional groups attached to an aromatic ring is 1. The molecular formula is C15H13Cl2NO5S. The van der Waals surface area contributed by atoms with E-state index >= 15 is 0 Å². The van der Waals surface area contributed by atoms with Crippen molar-refractivity contribution < 1.29 is 23.8 Å². The van der Waals surface area contributed by atoms with E-state index in [0.717, 1.165) is 11.3 Å². The average molecular weight is 390 g/mol. The first-order chi connectivity index (χ1) is 11.4. The highest BCUT2D eigenvalue weighted by molar-refractivity contribution is 7.18. The molecule has 0 spiro atoms. The van der Waals surface area contributed by atoms with Crippen LogP contribution in [0.15, 0.2) is 18.2 Å². The first kappa shape index (κ1) is 18.4. The smallest absolute Gasteiger partial charge is 0.348 e. The number of halogens is 2. The van der Waals surface area contributed by atoms with E-state index in [1.165, 1.54) is 20.3 Å². The van der Waals surface area contributed by atoms with Gasteiger partial charge in [-0.05, 0) is 12.1 Å². The summed E-state index contributed by atoms with van der Waals surface area (Å²) in [6.07, 6.45) is 0. The Bertz CT molecular complexity index is 790. The number of carbonyl (C=O) groups excluding carboxylic acids is 2. The van der Waals surface area contributed by atoms with Gasteiger partial charge in [0.2, 0.25) is 0 Å². The van der Waals surface area contributed by atoms with Gasteiger partial charge in [-0.1, -0.05) is 23.2 Å². The molecule has 0 radical (unpaired) electrons. The molecule has 0 bridgehead atoms. The Balaban J connectivity index is 2.37. The lowest BCUT2D eigenvalue weighted by Gasteiger charge is -2.09. The largest absolute Gasteiger partial charge is 0.489 e. The summed E-state index contributed by atoms with van der Waals surface area (Å²) < 4.78 is 15.0. The molecular weight excluding hydrogens is 377 g/mol. The topological polar surface area (TPSA) is 87.9 Å². The fraction of sp³-hybridized carbons (Fsp3) is 0.200. The summed E-state index contributed by atoms with van der Waals surface area (Å²) in [7, 11) is 2.46. The van der Waals surface area contributed by atoms with Crippen LogP contribution in [0.2, 0.25) is 10.0 Å². The Morgan fingerprint density at radius 1 is 1.12 bits per heavy atom. The summed E-state index contributed by atoms with van der Waals surface area (Å²) in [4.78, 5) is 24.0. The van der Waals surface area contributed by atoms with Gasteiger partial charge in [-0.3, -0.25) is 0 Å². The number of carbonyl (C=O) groups is 2. The molecule has 0 amide bonds. The molecule has 128 valence electrons. The van der Waals surface area contributed by atoms with Gasteiger partial charge in [0.25, 0.3) is 0 Å². The number of nitrogens with two attached hydrogens (primary N) is 1. The standard InChI is InChI=1S/C15H13Cl2NO5S/c1-21-14(19)11-8(12(15(20)22-2)24-13(11)18)6-23-7-3-4-9(16)10(17)5-7/h3-5H,6,18H2,1-2H3. The molecule has 2 N–H and O–H groups in total. The van der Waals surface area contributed by atoms with Gasteiger partial charge in [-0.15, -0.1) is 11.3 Å². The van der Waals surface area contributed by atoms with E-state index < -0.39 is 11.9 Å². The lowest BCUT2D eigenvalue weighted by Crippen LogP contribution is -2.11. The van der Waals surface area contributed by atoms with Crippen LogP contribution < -0.4 is 10.5 Å². The third-order valence-electron chi connectivity index (χ3n) is 3.07. The van der Waals surface area contributed by atoms with Gasteiger partial charge in [-0.25, -0.2) is 9.59 Å². The van der Waals surface area contributed by atoms with Crippen LogP contribution in [0.1, 0.15) is 25.6 Å². The van der Waals surface area contributed by atoms with Crippen molar-refractivity contribution in [2.75, 3.05) is 20.0 Å². The molecule has 0 saturated heterocycles. The van der Waals surface area contributed by atoms with E-state index in [1.54, 1.807) is 12.1 Å². The molecule has 1 aromatic carbocycles. The van der Waals surface area contributed by atoms with Crippen LogP contribution in [0.25, 0.3) is 0 Å². The summed E-state index contributed by atoms with van der Waals surface area (Å²) in [5.41, 5.74) is 6.22. The summed E-state index contributed by atoms with van der Waals surface area (Å²) >= 11 is 12.7. The molecule has 0 saturated carbocycles. The molecule has 0 unspecified atom stereocenters. The molecule has 9 heteroatoms. The Morgan fingerprint density at radius 2 is 1.79 bits per heavy atom. The highest BCUT2D eigenvalue weighted by Gasteiger charge is 2.27. The Morgan fingerprint density at radius 3 is 2.38 bits per heavy atom. The predicted molar refractivity (Wildman–Crippen MR) is 92.2 cm³/mol. The molecule has 0 fully saturated rings. The minimum Gasteiger partial charge on any atom is -0.489 e. The molecule has 6 nitrogen and oxygen atoms in total. The van der Waals surface area contributed by atoms with E-state index in [9.17, 15) is 9.59 Å². The number of rotatable bonds is 5. The molecule has 0 aliphatic carbocycles. The lowest BCUT2D eigenvalue weighted by molar-refractivity contribution is 0.0599. The molecule has 24 heavy (non-hydrogen) atoms. The zero-order valence-electron chi connectivity index (χ0n) is 12.7. The maximum absolute atomic E-state index is 11.9. The highest BCUT2D eigenvalue weighted by atomic mass is 35.5. The molecule has 2 aromatic rings. The maximum Gasteiger partial charge on any atom is 0.348 e. The van der Waals surface area contributed by atoms with Crippen molar-refractivity contribution >= 4 is 51.5 Å². The van der Waals surface area contributed by atoms with E-state index in [0.29, 0.717) is 21.4 Å². The first-order valence-electron chi connectivity index (χ1n) is 6.54. The van der Waals surface area contributed by atoms with Crippen LogP contribution in [0.4, 0.5) is 5.00 Å². The second kappa shape index (κ2) is 7.74. The summed E-state index contributed by atoms with van der Waals surface area (Å²) in [6, 6.07) is 4.71. The first-order valence-corrected chi connectivity index (χ1v) is 8.11. The Labute approximate surface area is 152 Å². The van der Waals surface area contributed by atoms with Gasteiger partial charge in [0.05, 0.1) is 24.3 Å². The highest BCUT2D eigenvalue weighted by Crippen LogP contribution is 2.34. The third kappa shape index (κ3) is 3.75. The third-order valence-corrected chi connectivity index (χ3v) is 4.85. The van der Waals surface area contributed by atoms with Gasteiger partial charge < -0.3 is 19.9 Å². The van der Waals surface area contributed by atoms with Crippen molar-refractivity contribution in [3.63, 3.8) is 0 Å². The maximum atomic E-state index is 11.9. The predicted octanol–water partition coefficient (Wildman–Crippen LogP) is 3.79. The minimum atomic E-state index is -0.661. The van der Waals surface area contributed by atoms with Crippen molar-refractivity contribution in [3.05, 3.63) is 44.2 Å². The Kier molecular flexibility index (Phi) is 5.93. The normalized spacial score (nSPS) is 10.3. The fourth-order valence-electron chi connectivity index (χ4n) is 1.93. The summed E-state index contributed by atoms with van der Waals surface area (Å²) in [5.74, 6) is -0.859. The Hall–Kier alpha value is -1.96. The number of benzene rings is 1. The van der Waals surface area contributed by atoms with Gasteiger partial charge >= 0.3 is 11.9 Å². The SMILES string of the molecule is COC(=O)c1sc(N)c(C(=O)OC)c1COc1ccc(Cl)c(Cl)c1. The van der Waals surface area contributed by atoms with Crippen molar-refractivity contribution in [1.82, 2.24) is 0 Å². The molecule has 1 heterocycles. The van der Waals surface area contributed by atoms with Gasteiger partial charge in [0.15, 0.2) is 0 Å². The average Bonchev–Trinajstić information content (AvgIpc) is 2.91. The summed E-state index contributed by atoms with van der Waals surface area (Å²) in [6.45, 7) is -0.0967. The van der Waals surface area contributed by atoms with Crippen LogP contribution in [0.3, 0.4) is 0 Å². The van der Waals surface area contributed by atoms with Crippen molar-refractivity contribution in [2.45, 2.75) is 6.61 Å². The van der Waals surface area contributed by atoms with Crippen LogP contribution in [0, 0.1) is 0 Å². The van der Waals surface area contributed by atoms with Gasteiger partial charge in [0.1, 0.15) is 27.8 Å². The van der Waals surface area contributed by atoms with Gasteiger partial charge in [0, 0.05) is 11.6 Å². The van der Waals surface area contributed by atoms with Crippen molar-refractivity contribution in [2.24, 2.45) is 0 Å². The van der Waals surface area contributed by atoms with Gasteiger partial charge in [-0.2, -0.15) is 0 Å². The molecule has 0 aliphatic rings. The van der Waals surface area contributed by atoms with Crippen LogP contribution in [0.5, 0.6) is 5.75 Å². The monoisotopic (exact) mass is 389 g/mol. The molecule has 0 aliphatic heterocycles. The summed E-state index contributed by atoms with van der Waals surface area (Å²) in [5, 5.41) is 0.852. The van der Waals surface area contributed by atoms with Crippen molar-refractivity contribution in [3.8, 4) is 5.75 Å². The second-order valence-electron chi connectivity index (χ2n) is 4.50. The van der Waals surface area contributed by atoms with E-state index in [2.05, 4.69) is 0 Å². The number of methoxy groups -OCH3 is 2. The van der Waals surface area contributed by atoms with Crippen LogP contribution in [-0.2, 0) is 16.1 Å². The van der Waals surface area contributed by atoms with E-state index in [4.69, 9.17) is 43.1 Å². The zero-order chi connectivity index (χ0) is 17.9. The van der Waals surface area contributed by atoms with E-state index in [1.807, 2.05) is 0 Å². The molecule has 2 rings (SSSR count). The zero-order valence-corrected chi connectivity index (χ0v) is 15.1.